The molecule has 2 rings (SSSR count). The largest absolute Gasteiger partial charge is 0.481 e. The van der Waals surface area contributed by atoms with Gasteiger partial charge in [-0.25, -0.2) is 17.7 Å². The van der Waals surface area contributed by atoms with Crippen LogP contribution in [0.1, 0.15) is 6.42 Å². The highest BCUT2D eigenvalue weighted by atomic mass is 32.2. The maximum absolute atomic E-state index is 12.3. The zero-order chi connectivity index (χ0) is 14.0. The number of carboxylic acid groups (broad SMARTS) is 1. The fourth-order valence-electron chi connectivity index (χ4n) is 1.69. The molecule has 0 saturated heterocycles. The molecule has 0 fully saturated rings. The summed E-state index contributed by atoms with van der Waals surface area (Å²) in [6.07, 6.45) is 2.68. The number of carbonyl (C=O) groups is 1. The summed E-state index contributed by atoms with van der Waals surface area (Å²) in [5, 5.41) is 9.08. The highest BCUT2D eigenvalue weighted by molar-refractivity contribution is 7.89. The Bertz CT molecular complexity index is 708. The van der Waals surface area contributed by atoms with Crippen LogP contribution in [0.15, 0.2) is 29.4 Å². The number of aliphatic carboxylic acids is 1. The average molecular weight is 283 g/mol. The molecular formula is C11H13N3O4S. The van der Waals surface area contributed by atoms with Gasteiger partial charge in [0.1, 0.15) is 10.5 Å². The number of fused-ring (bicyclic) bond motifs is 1. The lowest BCUT2D eigenvalue weighted by molar-refractivity contribution is -0.137. The Kier molecular flexibility index (Phi) is 3.54. The number of sulfonamides is 1. The van der Waals surface area contributed by atoms with Crippen molar-refractivity contribution in [2.24, 2.45) is 0 Å². The minimum absolute atomic E-state index is 0.0788. The molecule has 2 heterocycles. The molecule has 102 valence electrons. The second-order valence-corrected chi connectivity index (χ2v) is 6.04. The number of carboxylic acids is 1. The summed E-state index contributed by atoms with van der Waals surface area (Å²) in [7, 11) is -2.36. The molecule has 7 nitrogen and oxygen atoms in total. The van der Waals surface area contributed by atoms with Gasteiger partial charge in [0.25, 0.3) is 0 Å². The van der Waals surface area contributed by atoms with Crippen LogP contribution in [0, 0.1) is 0 Å². The van der Waals surface area contributed by atoms with E-state index < -0.39 is 16.0 Å². The van der Waals surface area contributed by atoms with E-state index in [9.17, 15) is 13.2 Å². The Balaban J connectivity index is 2.36. The quantitative estimate of drug-likeness (QED) is 0.839. The van der Waals surface area contributed by atoms with Crippen molar-refractivity contribution in [1.82, 2.24) is 14.3 Å². The van der Waals surface area contributed by atoms with Gasteiger partial charge in [-0.05, 0) is 12.1 Å². The van der Waals surface area contributed by atoms with Crippen molar-refractivity contribution in [3.63, 3.8) is 0 Å². The lowest BCUT2D eigenvalue weighted by Crippen LogP contribution is -2.29. The number of pyridine rings is 1. The first-order valence-corrected chi connectivity index (χ1v) is 6.97. The first kappa shape index (κ1) is 13.5. The second-order valence-electron chi connectivity index (χ2n) is 4.02. The highest BCUT2D eigenvalue weighted by Gasteiger charge is 2.24. The van der Waals surface area contributed by atoms with Gasteiger partial charge in [-0.3, -0.25) is 4.79 Å². The van der Waals surface area contributed by atoms with Crippen LogP contribution < -0.4 is 0 Å². The zero-order valence-electron chi connectivity index (χ0n) is 10.2. The van der Waals surface area contributed by atoms with Crippen LogP contribution in [0.25, 0.3) is 11.0 Å². The van der Waals surface area contributed by atoms with Gasteiger partial charge in [-0.1, -0.05) is 0 Å². The first-order chi connectivity index (χ1) is 8.93. The number of rotatable bonds is 5. The van der Waals surface area contributed by atoms with Gasteiger partial charge in [0.15, 0.2) is 0 Å². The van der Waals surface area contributed by atoms with Crippen molar-refractivity contribution in [1.29, 1.82) is 0 Å². The van der Waals surface area contributed by atoms with E-state index in [0.29, 0.717) is 11.0 Å². The number of hydrogen-bond acceptors (Lipinski definition) is 4. The van der Waals surface area contributed by atoms with Crippen molar-refractivity contribution in [2.75, 3.05) is 13.6 Å². The number of nitrogens with one attached hydrogen (secondary N) is 1. The van der Waals surface area contributed by atoms with Gasteiger partial charge in [0.05, 0.1) is 6.42 Å². The van der Waals surface area contributed by atoms with Gasteiger partial charge < -0.3 is 10.1 Å². The van der Waals surface area contributed by atoms with Gasteiger partial charge in [-0.15, -0.1) is 0 Å². The first-order valence-electron chi connectivity index (χ1n) is 5.53. The molecule has 0 amide bonds. The van der Waals surface area contributed by atoms with E-state index in [1.165, 1.54) is 13.2 Å². The SMILES string of the molecule is CN(CCC(=O)O)S(=O)(=O)c1c[nH]c2ncccc12. The molecule has 8 heteroatoms. The molecule has 0 atom stereocenters. The molecular weight excluding hydrogens is 270 g/mol. The van der Waals surface area contributed by atoms with Crippen LogP contribution >= 0.6 is 0 Å². The smallest absolute Gasteiger partial charge is 0.304 e. The van der Waals surface area contributed by atoms with E-state index in [0.717, 1.165) is 4.31 Å². The summed E-state index contributed by atoms with van der Waals surface area (Å²) in [4.78, 5) is 17.4. The summed E-state index contributed by atoms with van der Waals surface area (Å²) in [6, 6.07) is 3.29. The van der Waals surface area contributed by atoms with E-state index in [4.69, 9.17) is 5.11 Å². The average Bonchev–Trinajstić information content (AvgIpc) is 2.80. The summed E-state index contributed by atoms with van der Waals surface area (Å²) < 4.78 is 25.6. The minimum Gasteiger partial charge on any atom is -0.481 e. The number of aromatic nitrogens is 2. The summed E-state index contributed by atoms with van der Waals surface area (Å²) in [5.41, 5.74) is 0.479. The van der Waals surface area contributed by atoms with E-state index in [1.54, 1.807) is 18.3 Å². The maximum atomic E-state index is 12.3. The third-order valence-corrected chi connectivity index (χ3v) is 4.64. The molecule has 19 heavy (non-hydrogen) atoms. The molecule has 2 N–H and O–H groups in total. The van der Waals surface area contributed by atoms with E-state index in [-0.39, 0.29) is 17.9 Å². The normalized spacial score (nSPS) is 12.1. The van der Waals surface area contributed by atoms with Crippen LogP contribution in [0.2, 0.25) is 0 Å². The molecule has 0 radical (unpaired) electrons. The number of aromatic amines is 1. The third kappa shape index (κ3) is 2.59. The minimum atomic E-state index is -3.72. The van der Waals surface area contributed by atoms with Crippen molar-refractivity contribution < 1.29 is 18.3 Å². The second kappa shape index (κ2) is 4.98. The van der Waals surface area contributed by atoms with E-state index in [2.05, 4.69) is 9.97 Å². The zero-order valence-corrected chi connectivity index (χ0v) is 11.0. The Morgan fingerprint density at radius 2 is 2.26 bits per heavy atom. The van der Waals surface area contributed by atoms with Crippen LogP contribution in [0.3, 0.4) is 0 Å². The molecule has 2 aromatic rings. The molecule has 0 spiro atoms. The Morgan fingerprint density at radius 3 is 2.95 bits per heavy atom. The lowest BCUT2D eigenvalue weighted by atomic mass is 10.3. The van der Waals surface area contributed by atoms with Gasteiger partial charge in [-0.2, -0.15) is 0 Å². The Labute approximate surface area is 109 Å². The topological polar surface area (TPSA) is 103 Å². The Morgan fingerprint density at radius 1 is 1.53 bits per heavy atom. The molecule has 0 saturated carbocycles. The highest BCUT2D eigenvalue weighted by Crippen LogP contribution is 2.23. The summed E-state index contributed by atoms with van der Waals surface area (Å²) in [5.74, 6) is -1.04. The van der Waals surface area contributed by atoms with Gasteiger partial charge in [0, 0.05) is 31.4 Å². The molecule has 0 bridgehead atoms. The van der Waals surface area contributed by atoms with Gasteiger partial charge >= 0.3 is 5.97 Å². The number of H-pyrrole nitrogens is 1. The fraction of sp³-hybridized carbons (Fsp3) is 0.273. The molecule has 0 aliphatic carbocycles. The van der Waals surface area contributed by atoms with Crippen LogP contribution in [-0.4, -0.2) is 47.4 Å². The predicted molar refractivity (Wildman–Crippen MR) is 68.2 cm³/mol. The summed E-state index contributed by atoms with van der Waals surface area (Å²) in [6.45, 7) is -0.0788. The molecule has 0 aromatic carbocycles. The molecule has 0 aliphatic rings. The van der Waals surface area contributed by atoms with E-state index >= 15 is 0 Å². The van der Waals surface area contributed by atoms with Gasteiger partial charge in [0.2, 0.25) is 10.0 Å². The monoisotopic (exact) mass is 283 g/mol. The van der Waals surface area contributed by atoms with Crippen molar-refractivity contribution in [2.45, 2.75) is 11.3 Å². The van der Waals surface area contributed by atoms with Crippen molar-refractivity contribution >= 4 is 27.0 Å². The Hall–Kier alpha value is -1.93. The lowest BCUT2D eigenvalue weighted by Gasteiger charge is -2.15. The van der Waals surface area contributed by atoms with Crippen LogP contribution in [-0.2, 0) is 14.8 Å². The molecule has 2 aromatic heterocycles. The van der Waals surface area contributed by atoms with Crippen LogP contribution in [0.5, 0.6) is 0 Å². The third-order valence-electron chi connectivity index (χ3n) is 2.74. The van der Waals surface area contributed by atoms with Crippen molar-refractivity contribution in [3.8, 4) is 0 Å². The number of nitrogens with zero attached hydrogens (tertiary/aromatic N) is 2. The predicted octanol–water partition coefficient (Wildman–Crippen LogP) is 0.658. The van der Waals surface area contributed by atoms with E-state index in [1.807, 2.05) is 0 Å². The van der Waals surface area contributed by atoms with Crippen LogP contribution in [0.4, 0.5) is 0 Å². The molecule has 0 unspecified atom stereocenters. The van der Waals surface area contributed by atoms with Crippen molar-refractivity contribution in [3.05, 3.63) is 24.5 Å². The number of hydrogen-bond donors (Lipinski definition) is 2. The summed E-state index contributed by atoms with van der Waals surface area (Å²) >= 11 is 0. The standard InChI is InChI=1S/C11H13N3O4S/c1-14(6-4-10(15)16)19(17,18)9-7-13-11-8(9)3-2-5-12-11/h2-3,5,7H,4,6H2,1H3,(H,12,13)(H,15,16). The maximum Gasteiger partial charge on any atom is 0.304 e. The fourth-order valence-corrected chi connectivity index (χ4v) is 3.00. The molecule has 0 aliphatic heterocycles.